The van der Waals surface area contributed by atoms with Crippen LogP contribution < -0.4 is 11.2 Å². The Labute approximate surface area is 143 Å². The van der Waals surface area contributed by atoms with Gasteiger partial charge in [0, 0.05) is 43.8 Å². The number of furan rings is 1. The number of rotatable bonds is 6. The van der Waals surface area contributed by atoms with Crippen molar-refractivity contribution < 1.29 is 4.42 Å². The van der Waals surface area contributed by atoms with Crippen LogP contribution in [0, 0.1) is 0 Å². The molecule has 0 aliphatic rings. The van der Waals surface area contributed by atoms with E-state index < -0.39 is 0 Å². The van der Waals surface area contributed by atoms with Gasteiger partial charge in [0.15, 0.2) is 0 Å². The molecule has 0 fully saturated rings. The fourth-order valence-electron chi connectivity index (χ4n) is 2.57. The van der Waals surface area contributed by atoms with Crippen molar-refractivity contribution in [2.45, 2.75) is 19.6 Å². The smallest absolute Gasteiger partial charge is 0.330 e. The first kappa shape index (κ1) is 16.5. The van der Waals surface area contributed by atoms with Gasteiger partial charge in [-0.3, -0.25) is 18.8 Å². The van der Waals surface area contributed by atoms with E-state index in [9.17, 15) is 9.59 Å². The second-order valence-electron chi connectivity index (χ2n) is 5.68. The minimum Gasteiger partial charge on any atom is -0.468 e. The second kappa shape index (κ2) is 7.02. The fourth-order valence-corrected chi connectivity index (χ4v) is 3.32. The molecule has 3 rings (SSSR count). The van der Waals surface area contributed by atoms with Gasteiger partial charge in [0.1, 0.15) is 5.76 Å². The lowest BCUT2D eigenvalue weighted by Gasteiger charge is -2.22. The zero-order valence-electron chi connectivity index (χ0n) is 13.6. The zero-order valence-corrected chi connectivity index (χ0v) is 14.5. The maximum absolute atomic E-state index is 12.1. The number of hydrogen-bond donors (Lipinski definition) is 0. The summed E-state index contributed by atoms with van der Waals surface area (Å²) in [5.41, 5.74) is 0.0833. The molecule has 0 bridgehead atoms. The Bertz CT molecular complexity index is 871. The van der Waals surface area contributed by atoms with Crippen LogP contribution in [0.4, 0.5) is 0 Å². The van der Waals surface area contributed by atoms with Crippen molar-refractivity contribution in [2.24, 2.45) is 14.1 Å². The normalized spacial score (nSPS) is 11.3. The molecule has 0 spiro atoms. The van der Waals surface area contributed by atoms with Crippen LogP contribution in [0.15, 0.2) is 56.0 Å². The molecule has 3 heterocycles. The third-order valence-corrected chi connectivity index (χ3v) is 4.79. The SMILES string of the molecule is Cn1c(CN(Cc2ccco2)Cc2cccs2)cc(=O)n(C)c1=O. The molecular weight excluding hydrogens is 326 g/mol. The van der Waals surface area contributed by atoms with E-state index in [1.165, 1.54) is 22.6 Å². The molecular formula is C17H19N3O3S. The summed E-state index contributed by atoms with van der Waals surface area (Å²) in [7, 11) is 3.17. The number of nitrogens with zero attached hydrogens (tertiary/aromatic N) is 3. The summed E-state index contributed by atoms with van der Waals surface area (Å²) < 4.78 is 8.07. The highest BCUT2D eigenvalue weighted by molar-refractivity contribution is 7.09. The Kier molecular flexibility index (Phi) is 4.82. The maximum Gasteiger partial charge on any atom is 0.330 e. The van der Waals surface area contributed by atoms with Crippen molar-refractivity contribution in [1.82, 2.24) is 14.0 Å². The first-order chi connectivity index (χ1) is 11.5. The van der Waals surface area contributed by atoms with Crippen molar-refractivity contribution in [2.75, 3.05) is 0 Å². The first-order valence-electron chi connectivity index (χ1n) is 7.57. The summed E-state index contributed by atoms with van der Waals surface area (Å²) in [5, 5.41) is 2.04. The lowest BCUT2D eigenvalue weighted by molar-refractivity contribution is 0.222. The van der Waals surface area contributed by atoms with Gasteiger partial charge < -0.3 is 4.42 Å². The van der Waals surface area contributed by atoms with Crippen molar-refractivity contribution in [3.05, 3.63) is 79.1 Å². The first-order valence-corrected chi connectivity index (χ1v) is 8.45. The summed E-state index contributed by atoms with van der Waals surface area (Å²) in [6.07, 6.45) is 1.65. The van der Waals surface area contributed by atoms with Crippen LogP contribution >= 0.6 is 11.3 Å². The summed E-state index contributed by atoms with van der Waals surface area (Å²) in [4.78, 5) is 27.4. The Morgan fingerprint density at radius 1 is 1.08 bits per heavy atom. The van der Waals surface area contributed by atoms with E-state index >= 15 is 0 Å². The molecule has 3 aromatic heterocycles. The Hall–Kier alpha value is -2.38. The lowest BCUT2D eigenvalue weighted by atomic mass is 10.3. The van der Waals surface area contributed by atoms with Crippen LogP contribution in [0.2, 0.25) is 0 Å². The molecule has 0 saturated carbocycles. The van der Waals surface area contributed by atoms with Gasteiger partial charge in [0.2, 0.25) is 0 Å². The van der Waals surface area contributed by atoms with E-state index in [-0.39, 0.29) is 11.2 Å². The van der Waals surface area contributed by atoms with E-state index in [2.05, 4.69) is 11.0 Å². The molecule has 0 saturated heterocycles. The largest absolute Gasteiger partial charge is 0.468 e. The second-order valence-corrected chi connectivity index (χ2v) is 6.71. The average molecular weight is 345 g/mol. The van der Waals surface area contributed by atoms with Gasteiger partial charge >= 0.3 is 5.69 Å². The maximum atomic E-state index is 12.1. The number of hydrogen-bond acceptors (Lipinski definition) is 5. The van der Waals surface area contributed by atoms with E-state index in [0.717, 1.165) is 16.9 Å². The molecule has 0 atom stereocenters. The van der Waals surface area contributed by atoms with E-state index in [4.69, 9.17) is 4.42 Å². The van der Waals surface area contributed by atoms with Crippen molar-refractivity contribution >= 4 is 11.3 Å². The van der Waals surface area contributed by atoms with Crippen LogP contribution in [0.25, 0.3) is 0 Å². The fraction of sp³-hybridized carbons (Fsp3) is 0.294. The predicted octanol–water partition coefficient (Wildman–Crippen LogP) is 1.94. The molecule has 0 radical (unpaired) electrons. The highest BCUT2D eigenvalue weighted by Gasteiger charge is 2.14. The molecule has 0 N–H and O–H groups in total. The summed E-state index contributed by atoms with van der Waals surface area (Å²) in [6.45, 7) is 1.82. The van der Waals surface area contributed by atoms with Gasteiger partial charge in [-0.2, -0.15) is 0 Å². The molecule has 0 amide bonds. The van der Waals surface area contributed by atoms with Crippen LogP contribution in [0.5, 0.6) is 0 Å². The monoisotopic (exact) mass is 345 g/mol. The predicted molar refractivity (Wildman–Crippen MR) is 92.9 cm³/mol. The van der Waals surface area contributed by atoms with Crippen molar-refractivity contribution in [3.8, 4) is 0 Å². The Morgan fingerprint density at radius 2 is 1.92 bits per heavy atom. The lowest BCUT2D eigenvalue weighted by Crippen LogP contribution is -2.39. The van der Waals surface area contributed by atoms with Gasteiger partial charge in [-0.25, -0.2) is 4.79 Å². The molecule has 24 heavy (non-hydrogen) atoms. The molecule has 7 heteroatoms. The molecule has 0 aliphatic carbocycles. The highest BCUT2D eigenvalue weighted by Crippen LogP contribution is 2.16. The third kappa shape index (κ3) is 3.58. The van der Waals surface area contributed by atoms with Crippen LogP contribution in [0.1, 0.15) is 16.3 Å². The molecule has 6 nitrogen and oxygen atoms in total. The van der Waals surface area contributed by atoms with Crippen molar-refractivity contribution in [3.63, 3.8) is 0 Å². The molecule has 0 unspecified atom stereocenters. The Balaban J connectivity index is 1.88. The van der Waals surface area contributed by atoms with Crippen LogP contribution in [-0.2, 0) is 33.7 Å². The highest BCUT2D eigenvalue weighted by atomic mass is 32.1. The molecule has 0 aliphatic heterocycles. The molecule has 126 valence electrons. The van der Waals surface area contributed by atoms with Crippen LogP contribution in [-0.4, -0.2) is 14.0 Å². The minimum atomic E-state index is -0.313. The summed E-state index contributed by atoms with van der Waals surface area (Å²) >= 11 is 1.68. The number of thiophene rings is 1. The topological polar surface area (TPSA) is 60.4 Å². The average Bonchev–Trinajstić information content (AvgIpc) is 3.24. The minimum absolute atomic E-state index is 0.290. The quantitative estimate of drug-likeness (QED) is 0.685. The van der Waals surface area contributed by atoms with Gasteiger partial charge in [0.05, 0.1) is 12.8 Å². The van der Waals surface area contributed by atoms with Gasteiger partial charge in [-0.05, 0) is 23.6 Å². The zero-order chi connectivity index (χ0) is 17.1. The number of aromatic nitrogens is 2. The van der Waals surface area contributed by atoms with Crippen LogP contribution in [0.3, 0.4) is 0 Å². The van der Waals surface area contributed by atoms with Gasteiger partial charge in [-0.15, -0.1) is 11.3 Å². The standard InChI is InChI=1S/C17H19N3O3S/c1-18-13(9-16(21)19(2)17(18)22)10-20(11-14-5-3-7-23-14)12-15-6-4-8-24-15/h3-9H,10-12H2,1-2H3. The van der Waals surface area contributed by atoms with E-state index in [1.54, 1.807) is 24.6 Å². The third-order valence-electron chi connectivity index (χ3n) is 3.93. The molecule has 0 aromatic carbocycles. The van der Waals surface area contributed by atoms with Crippen molar-refractivity contribution in [1.29, 1.82) is 0 Å². The molecule has 3 aromatic rings. The Morgan fingerprint density at radius 3 is 2.58 bits per heavy atom. The van der Waals surface area contributed by atoms with Gasteiger partial charge in [0.25, 0.3) is 5.56 Å². The summed E-state index contributed by atoms with van der Waals surface area (Å²) in [6, 6.07) is 9.38. The van der Waals surface area contributed by atoms with E-state index in [1.807, 2.05) is 23.6 Å². The summed E-state index contributed by atoms with van der Waals surface area (Å²) in [5.74, 6) is 0.848. The van der Waals surface area contributed by atoms with E-state index in [0.29, 0.717) is 18.8 Å². The van der Waals surface area contributed by atoms with Gasteiger partial charge in [-0.1, -0.05) is 6.07 Å².